The second kappa shape index (κ2) is 4.99. The summed E-state index contributed by atoms with van der Waals surface area (Å²) in [5.74, 6) is 0.903. The molecular weight excluding hydrogens is 184 g/mol. The normalized spacial score (nSPS) is 23.0. The standard InChI is InChI=1S/C11H19ClO/c1-3-8(2)10(12)11(13)9-6-4-5-7-9/h8-10H,3-7H2,1-2H3. The summed E-state index contributed by atoms with van der Waals surface area (Å²) < 4.78 is 0. The molecule has 13 heavy (non-hydrogen) atoms. The van der Waals surface area contributed by atoms with Gasteiger partial charge in [0, 0.05) is 5.92 Å². The Morgan fingerprint density at radius 2 is 2.00 bits per heavy atom. The Balaban J connectivity index is 2.45. The van der Waals surface area contributed by atoms with E-state index in [9.17, 15) is 4.79 Å². The molecule has 0 N–H and O–H groups in total. The zero-order valence-electron chi connectivity index (χ0n) is 8.55. The van der Waals surface area contributed by atoms with Crippen molar-refractivity contribution in [2.45, 2.75) is 51.3 Å². The van der Waals surface area contributed by atoms with Crippen LogP contribution >= 0.6 is 11.6 Å². The highest BCUT2D eigenvalue weighted by molar-refractivity contribution is 6.31. The maximum atomic E-state index is 11.8. The number of hydrogen-bond acceptors (Lipinski definition) is 1. The monoisotopic (exact) mass is 202 g/mol. The van der Waals surface area contributed by atoms with Crippen LogP contribution in [0.2, 0.25) is 0 Å². The van der Waals surface area contributed by atoms with Crippen LogP contribution in [0, 0.1) is 11.8 Å². The highest BCUT2D eigenvalue weighted by atomic mass is 35.5. The molecule has 2 atom stereocenters. The molecule has 0 amide bonds. The third-order valence-corrected chi connectivity index (χ3v) is 3.82. The fourth-order valence-corrected chi connectivity index (χ4v) is 2.28. The molecule has 0 bridgehead atoms. The predicted octanol–water partition coefficient (Wildman–Crippen LogP) is 3.40. The molecule has 1 fully saturated rings. The van der Waals surface area contributed by atoms with Crippen molar-refractivity contribution in [1.82, 2.24) is 0 Å². The quantitative estimate of drug-likeness (QED) is 0.639. The first-order valence-corrected chi connectivity index (χ1v) is 5.78. The number of alkyl halides is 1. The van der Waals surface area contributed by atoms with Gasteiger partial charge in [-0.05, 0) is 18.8 Å². The molecule has 1 nitrogen and oxygen atoms in total. The van der Waals surface area contributed by atoms with Crippen molar-refractivity contribution >= 4 is 17.4 Å². The van der Waals surface area contributed by atoms with Crippen molar-refractivity contribution in [2.24, 2.45) is 11.8 Å². The third-order valence-electron chi connectivity index (χ3n) is 3.17. The topological polar surface area (TPSA) is 17.1 Å². The summed E-state index contributed by atoms with van der Waals surface area (Å²) in [7, 11) is 0. The molecular formula is C11H19ClO. The Kier molecular flexibility index (Phi) is 4.24. The van der Waals surface area contributed by atoms with Crippen molar-refractivity contribution in [3.05, 3.63) is 0 Å². The van der Waals surface area contributed by atoms with E-state index in [-0.39, 0.29) is 11.3 Å². The SMILES string of the molecule is CCC(C)C(Cl)C(=O)C1CCCC1. The predicted molar refractivity (Wildman–Crippen MR) is 56.1 cm³/mol. The summed E-state index contributed by atoms with van der Waals surface area (Å²) in [5, 5.41) is -0.243. The van der Waals surface area contributed by atoms with Crippen LogP contribution in [0.25, 0.3) is 0 Å². The lowest BCUT2D eigenvalue weighted by Gasteiger charge is -2.18. The van der Waals surface area contributed by atoms with E-state index in [1.165, 1.54) is 12.8 Å². The summed E-state index contributed by atoms with van der Waals surface area (Å²) in [4.78, 5) is 11.8. The Morgan fingerprint density at radius 3 is 2.46 bits per heavy atom. The van der Waals surface area contributed by atoms with Gasteiger partial charge in [-0.25, -0.2) is 0 Å². The molecule has 2 heteroatoms. The average Bonchev–Trinajstić information content (AvgIpc) is 2.67. The Bertz CT molecular complexity index is 173. The first-order valence-electron chi connectivity index (χ1n) is 5.34. The first kappa shape index (κ1) is 11.0. The summed E-state index contributed by atoms with van der Waals surface area (Å²) >= 11 is 6.11. The van der Waals surface area contributed by atoms with Gasteiger partial charge in [0.15, 0.2) is 5.78 Å². The van der Waals surface area contributed by atoms with E-state index in [4.69, 9.17) is 11.6 Å². The van der Waals surface area contributed by atoms with Crippen molar-refractivity contribution in [1.29, 1.82) is 0 Å². The van der Waals surface area contributed by atoms with Crippen LogP contribution in [0.15, 0.2) is 0 Å². The molecule has 1 rings (SSSR count). The van der Waals surface area contributed by atoms with Crippen molar-refractivity contribution < 1.29 is 4.79 Å². The first-order chi connectivity index (χ1) is 6.16. The van der Waals surface area contributed by atoms with Gasteiger partial charge in [-0.2, -0.15) is 0 Å². The van der Waals surface area contributed by atoms with Crippen molar-refractivity contribution in [3.8, 4) is 0 Å². The van der Waals surface area contributed by atoms with Crippen LogP contribution in [-0.4, -0.2) is 11.2 Å². The Labute approximate surface area is 85.8 Å². The molecule has 1 aliphatic carbocycles. The smallest absolute Gasteiger partial charge is 0.154 e. The molecule has 0 heterocycles. The molecule has 1 saturated carbocycles. The van der Waals surface area contributed by atoms with Crippen molar-refractivity contribution in [2.75, 3.05) is 0 Å². The van der Waals surface area contributed by atoms with Gasteiger partial charge in [-0.15, -0.1) is 11.6 Å². The lowest BCUT2D eigenvalue weighted by molar-refractivity contribution is -0.123. The number of rotatable bonds is 4. The highest BCUT2D eigenvalue weighted by Gasteiger charge is 2.30. The van der Waals surface area contributed by atoms with E-state index < -0.39 is 0 Å². The number of halogens is 1. The molecule has 2 unspecified atom stereocenters. The number of ketones is 1. The molecule has 0 aromatic heterocycles. The lowest BCUT2D eigenvalue weighted by atomic mass is 9.92. The molecule has 1 aliphatic rings. The second-order valence-corrected chi connectivity index (χ2v) is 4.64. The second-order valence-electron chi connectivity index (χ2n) is 4.17. The molecule has 0 aromatic carbocycles. The van der Waals surface area contributed by atoms with Crippen LogP contribution in [0.1, 0.15) is 46.0 Å². The molecule has 0 radical (unpaired) electrons. The Hall–Kier alpha value is -0.0400. The number of carbonyl (C=O) groups is 1. The van der Waals surface area contributed by atoms with Crippen LogP contribution in [0.5, 0.6) is 0 Å². The molecule has 0 saturated heterocycles. The zero-order chi connectivity index (χ0) is 9.84. The number of hydrogen-bond donors (Lipinski definition) is 0. The van der Waals surface area contributed by atoms with E-state index >= 15 is 0 Å². The van der Waals surface area contributed by atoms with E-state index in [0.717, 1.165) is 19.3 Å². The number of carbonyl (C=O) groups excluding carboxylic acids is 1. The fourth-order valence-electron chi connectivity index (χ4n) is 1.92. The molecule has 0 spiro atoms. The fraction of sp³-hybridized carbons (Fsp3) is 0.909. The largest absolute Gasteiger partial charge is 0.298 e. The van der Waals surface area contributed by atoms with Gasteiger partial charge in [0.1, 0.15) is 0 Å². The van der Waals surface area contributed by atoms with Crippen LogP contribution in [0.3, 0.4) is 0 Å². The minimum Gasteiger partial charge on any atom is -0.298 e. The van der Waals surface area contributed by atoms with Crippen LogP contribution < -0.4 is 0 Å². The van der Waals surface area contributed by atoms with Gasteiger partial charge in [-0.1, -0.05) is 33.1 Å². The highest BCUT2D eigenvalue weighted by Crippen LogP contribution is 2.29. The van der Waals surface area contributed by atoms with E-state index in [1.54, 1.807) is 0 Å². The third kappa shape index (κ3) is 2.70. The van der Waals surface area contributed by atoms with Crippen LogP contribution in [-0.2, 0) is 4.79 Å². The number of Topliss-reactive ketones (excluding diaryl/α,β-unsaturated/α-hetero) is 1. The Morgan fingerprint density at radius 1 is 1.46 bits per heavy atom. The van der Waals surface area contributed by atoms with Gasteiger partial charge >= 0.3 is 0 Å². The van der Waals surface area contributed by atoms with Gasteiger partial charge in [-0.3, -0.25) is 4.79 Å². The minimum atomic E-state index is -0.243. The van der Waals surface area contributed by atoms with E-state index in [0.29, 0.717) is 11.7 Å². The molecule has 0 aliphatic heterocycles. The van der Waals surface area contributed by atoms with Gasteiger partial charge in [0.05, 0.1) is 5.38 Å². The molecule has 0 aromatic rings. The maximum absolute atomic E-state index is 11.8. The summed E-state index contributed by atoms with van der Waals surface area (Å²) in [6.45, 7) is 4.15. The van der Waals surface area contributed by atoms with Crippen molar-refractivity contribution in [3.63, 3.8) is 0 Å². The summed E-state index contributed by atoms with van der Waals surface area (Å²) in [5.41, 5.74) is 0. The summed E-state index contributed by atoms with van der Waals surface area (Å²) in [6.07, 6.45) is 5.55. The average molecular weight is 203 g/mol. The van der Waals surface area contributed by atoms with E-state index in [1.807, 2.05) is 0 Å². The lowest BCUT2D eigenvalue weighted by Crippen LogP contribution is -2.27. The minimum absolute atomic E-state index is 0.243. The van der Waals surface area contributed by atoms with Crippen LogP contribution in [0.4, 0.5) is 0 Å². The summed E-state index contributed by atoms with van der Waals surface area (Å²) in [6, 6.07) is 0. The van der Waals surface area contributed by atoms with E-state index in [2.05, 4.69) is 13.8 Å². The zero-order valence-corrected chi connectivity index (χ0v) is 9.31. The van der Waals surface area contributed by atoms with Gasteiger partial charge in [0.2, 0.25) is 0 Å². The van der Waals surface area contributed by atoms with Gasteiger partial charge in [0.25, 0.3) is 0 Å². The molecule has 76 valence electrons. The maximum Gasteiger partial charge on any atom is 0.154 e. The van der Waals surface area contributed by atoms with Gasteiger partial charge < -0.3 is 0 Å².